The molecule has 3 unspecified atom stereocenters. The van der Waals surface area contributed by atoms with Gasteiger partial charge in [-0.05, 0) is 70.6 Å². The summed E-state index contributed by atoms with van der Waals surface area (Å²) in [6.07, 6.45) is 8.98. The van der Waals surface area contributed by atoms with Crippen LogP contribution in [0.2, 0.25) is 0 Å². The van der Waals surface area contributed by atoms with E-state index in [-0.39, 0.29) is 0 Å². The van der Waals surface area contributed by atoms with E-state index < -0.39 is 0 Å². The van der Waals surface area contributed by atoms with Crippen molar-refractivity contribution in [3.8, 4) is 0 Å². The van der Waals surface area contributed by atoms with E-state index >= 15 is 0 Å². The second-order valence-electron chi connectivity index (χ2n) is 7.18. The molecule has 0 saturated heterocycles. The first-order valence-electron chi connectivity index (χ1n) is 7.41. The summed E-state index contributed by atoms with van der Waals surface area (Å²) in [6.45, 7) is 12.1. The van der Waals surface area contributed by atoms with Gasteiger partial charge in [0.15, 0.2) is 0 Å². The van der Waals surface area contributed by atoms with Gasteiger partial charge in [0.25, 0.3) is 0 Å². The molecule has 0 aromatic rings. The molecule has 1 fully saturated rings. The predicted octanol–water partition coefficient (Wildman–Crippen LogP) is 5.98. The maximum atomic E-state index is 2.48. The minimum absolute atomic E-state index is 0.400. The van der Waals surface area contributed by atoms with E-state index in [0.29, 0.717) is 5.41 Å². The van der Waals surface area contributed by atoms with E-state index in [9.17, 15) is 0 Å². The molecule has 0 heterocycles. The molecule has 0 nitrogen and oxygen atoms in total. The summed E-state index contributed by atoms with van der Waals surface area (Å²) in [5, 5.41) is 0. The Bertz CT molecular complexity index is 373. The van der Waals surface area contributed by atoms with Gasteiger partial charge >= 0.3 is 0 Å². The van der Waals surface area contributed by atoms with Crippen LogP contribution in [0.5, 0.6) is 0 Å². The fourth-order valence-electron chi connectivity index (χ4n) is 3.87. The van der Waals surface area contributed by atoms with E-state index in [1.807, 2.05) is 0 Å². The highest BCUT2D eigenvalue weighted by Crippen LogP contribution is 2.58. The van der Waals surface area contributed by atoms with Crippen molar-refractivity contribution in [2.75, 3.05) is 0 Å². The fourth-order valence-corrected chi connectivity index (χ4v) is 4.46. The van der Waals surface area contributed by atoms with Crippen molar-refractivity contribution in [1.82, 2.24) is 0 Å². The zero-order chi connectivity index (χ0) is 13.5. The topological polar surface area (TPSA) is 0 Å². The first-order valence-corrected chi connectivity index (χ1v) is 8.49. The minimum Gasteiger partial charge on any atom is -0.0705 e. The Morgan fingerprint density at radius 2 is 2.06 bits per heavy atom. The Labute approximate surface area is 126 Å². The molecule has 0 N–H and O–H groups in total. The van der Waals surface area contributed by atoms with Gasteiger partial charge in [-0.25, -0.2) is 0 Å². The second kappa shape index (κ2) is 5.30. The molecule has 0 aliphatic heterocycles. The number of hydrogen-bond acceptors (Lipinski definition) is 0. The van der Waals surface area contributed by atoms with Crippen LogP contribution in [0.1, 0.15) is 53.9 Å². The smallest absolute Gasteiger partial charge is 0.00900 e. The number of fused-ring (bicyclic) bond motifs is 1. The third-order valence-electron chi connectivity index (χ3n) is 5.38. The Hall–Kier alpha value is 0.210. The Morgan fingerprint density at radius 3 is 2.67 bits per heavy atom. The molecule has 18 heavy (non-hydrogen) atoms. The van der Waals surface area contributed by atoms with Crippen LogP contribution in [0.25, 0.3) is 0 Å². The highest BCUT2D eigenvalue weighted by atomic mass is 127. The average molecular weight is 358 g/mol. The summed E-state index contributed by atoms with van der Waals surface area (Å²) in [6, 6.07) is 0. The second-order valence-corrected chi connectivity index (χ2v) is 8.42. The quantitative estimate of drug-likeness (QED) is 0.545. The lowest BCUT2D eigenvalue weighted by Crippen LogP contribution is -2.20. The third kappa shape index (κ3) is 2.57. The molecule has 1 saturated carbocycles. The lowest BCUT2D eigenvalue weighted by Gasteiger charge is -2.28. The standard InChI is InChI=1S/C17H27I/c1-11(2)6-8-14-12(3)17(4,5)16-10-13(18)7-9-15(14)16/h7,10-12,14-15H,6,8-9H2,1-5H3. The van der Waals surface area contributed by atoms with Gasteiger partial charge in [0.1, 0.15) is 0 Å². The van der Waals surface area contributed by atoms with E-state index in [4.69, 9.17) is 0 Å². The van der Waals surface area contributed by atoms with Crippen LogP contribution >= 0.6 is 22.6 Å². The van der Waals surface area contributed by atoms with Crippen LogP contribution in [-0.2, 0) is 0 Å². The van der Waals surface area contributed by atoms with Crippen LogP contribution < -0.4 is 0 Å². The summed E-state index contributed by atoms with van der Waals surface area (Å²) >= 11 is 2.48. The van der Waals surface area contributed by atoms with Gasteiger partial charge in [0, 0.05) is 3.58 Å². The van der Waals surface area contributed by atoms with Gasteiger partial charge in [-0.3, -0.25) is 0 Å². The lowest BCUT2D eigenvalue weighted by atomic mass is 9.77. The zero-order valence-electron chi connectivity index (χ0n) is 12.5. The molecule has 0 spiro atoms. The summed E-state index contributed by atoms with van der Waals surface area (Å²) in [5.74, 6) is 3.39. The van der Waals surface area contributed by atoms with Crippen LogP contribution in [-0.4, -0.2) is 0 Å². The molecule has 2 rings (SSSR count). The van der Waals surface area contributed by atoms with Crippen LogP contribution in [0.3, 0.4) is 0 Å². The molecule has 1 heteroatoms. The van der Waals surface area contributed by atoms with Crippen molar-refractivity contribution in [3.63, 3.8) is 0 Å². The highest BCUT2D eigenvalue weighted by molar-refractivity contribution is 14.1. The molecular formula is C17H27I. The number of rotatable bonds is 3. The highest BCUT2D eigenvalue weighted by Gasteiger charge is 2.48. The van der Waals surface area contributed by atoms with Crippen molar-refractivity contribution in [2.24, 2.45) is 29.1 Å². The third-order valence-corrected chi connectivity index (χ3v) is 6.13. The maximum Gasteiger partial charge on any atom is 0.00900 e. The van der Waals surface area contributed by atoms with Gasteiger partial charge < -0.3 is 0 Å². The molecule has 3 atom stereocenters. The van der Waals surface area contributed by atoms with Crippen molar-refractivity contribution >= 4 is 22.6 Å². The van der Waals surface area contributed by atoms with Gasteiger partial charge in [0.05, 0.1) is 0 Å². The molecule has 0 aromatic carbocycles. The Balaban J connectivity index is 2.22. The van der Waals surface area contributed by atoms with Gasteiger partial charge in [-0.1, -0.05) is 52.7 Å². The van der Waals surface area contributed by atoms with Crippen LogP contribution in [0, 0.1) is 29.1 Å². The summed E-state index contributed by atoms with van der Waals surface area (Å²) in [5.41, 5.74) is 2.13. The van der Waals surface area contributed by atoms with Crippen molar-refractivity contribution in [2.45, 2.75) is 53.9 Å². The van der Waals surface area contributed by atoms with Crippen LogP contribution in [0.4, 0.5) is 0 Å². The SMILES string of the molecule is CC(C)CCC1C2CC=C(I)C=C2C(C)(C)C1C. The molecule has 102 valence electrons. The largest absolute Gasteiger partial charge is 0.0705 e. The molecule has 0 aromatic heterocycles. The minimum atomic E-state index is 0.400. The number of allylic oxidation sites excluding steroid dienone is 4. The van der Waals surface area contributed by atoms with E-state index in [0.717, 1.165) is 23.7 Å². The maximum absolute atomic E-state index is 2.48. The lowest BCUT2D eigenvalue weighted by molar-refractivity contribution is 0.227. The Morgan fingerprint density at radius 1 is 1.39 bits per heavy atom. The first-order chi connectivity index (χ1) is 8.34. The van der Waals surface area contributed by atoms with E-state index in [1.54, 1.807) is 5.57 Å². The van der Waals surface area contributed by atoms with Gasteiger partial charge in [-0.2, -0.15) is 0 Å². The zero-order valence-corrected chi connectivity index (χ0v) is 14.6. The monoisotopic (exact) mass is 358 g/mol. The average Bonchev–Trinajstić information content (AvgIpc) is 2.46. The first kappa shape index (κ1) is 14.6. The number of hydrogen-bond donors (Lipinski definition) is 0. The van der Waals surface area contributed by atoms with Crippen LogP contribution in [0.15, 0.2) is 21.3 Å². The summed E-state index contributed by atoms with van der Waals surface area (Å²) in [4.78, 5) is 0. The van der Waals surface area contributed by atoms with Gasteiger partial charge in [-0.15, -0.1) is 0 Å². The molecule has 0 amide bonds. The van der Waals surface area contributed by atoms with E-state index in [1.165, 1.54) is 22.8 Å². The fraction of sp³-hybridized carbons (Fsp3) is 0.765. The number of halogens is 1. The van der Waals surface area contributed by atoms with Crippen molar-refractivity contribution in [1.29, 1.82) is 0 Å². The van der Waals surface area contributed by atoms with E-state index in [2.05, 4.69) is 69.4 Å². The molecule has 0 radical (unpaired) electrons. The summed E-state index contributed by atoms with van der Waals surface area (Å²) < 4.78 is 1.45. The molecule has 2 aliphatic rings. The summed E-state index contributed by atoms with van der Waals surface area (Å²) in [7, 11) is 0. The normalized spacial score (nSPS) is 34.3. The molecule has 2 aliphatic carbocycles. The molecular weight excluding hydrogens is 331 g/mol. The predicted molar refractivity (Wildman–Crippen MR) is 88.8 cm³/mol. The van der Waals surface area contributed by atoms with Crippen molar-refractivity contribution in [3.05, 3.63) is 21.3 Å². The molecule has 0 bridgehead atoms. The van der Waals surface area contributed by atoms with Crippen molar-refractivity contribution < 1.29 is 0 Å². The Kier molecular flexibility index (Phi) is 4.30. The van der Waals surface area contributed by atoms with Gasteiger partial charge in [0.2, 0.25) is 0 Å².